The molecule has 3 N–H and O–H groups in total. The molecule has 0 radical (unpaired) electrons. The number of unbranched alkanes of at least 4 members (excludes halogenated alkanes) is 26. The van der Waals surface area contributed by atoms with Crippen LogP contribution < -0.4 is 5.48 Å². The molecule has 0 aromatic rings. The van der Waals surface area contributed by atoms with E-state index in [2.05, 4.69) is 0 Å². The Morgan fingerprint density at radius 2 is 0.588 bits per heavy atom. The normalized spacial score (nSPS) is 11.2. The fourth-order valence-electron chi connectivity index (χ4n) is 4.87. The molecule has 0 spiro atoms. The highest BCUT2D eigenvalue weighted by atomic mass is 16.5. The number of aliphatic hydroxyl groups is 1. The second-order valence-corrected chi connectivity index (χ2v) is 10.6. The lowest BCUT2D eigenvalue weighted by Gasteiger charge is -2.04. The van der Waals surface area contributed by atoms with Crippen molar-refractivity contribution in [3.8, 4) is 0 Å². The molecular weight excluding hydrogens is 422 g/mol. The van der Waals surface area contributed by atoms with Crippen LogP contribution in [0.15, 0.2) is 0 Å². The Bertz CT molecular complexity index is 389. The van der Waals surface area contributed by atoms with Gasteiger partial charge in [-0.2, -0.15) is 0 Å². The number of carbonyl (C=O) groups is 1. The van der Waals surface area contributed by atoms with Gasteiger partial charge in [0.2, 0.25) is 5.91 Å². The van der Waals surface area contributed by atoms with Crippen LogP contribution in [0.4, 0.5) is 0 Å². The summed E-state index contributed by atoms with van der Waals surface area (Å²) in [5.74, 6) is -0.259. The van der Waals surface area contributed by atoms with Crippen LogP contribution in [0.25, 0.3) is 0 Å². The van der Waals surface area contributed by atoms with Crippen LogP contribution in [0.2, 0.25) is 0 Å². The third-order valence-corrected chi connectivity index (χ3v) is 7.19. The Morgan fingerprint density at radius 1 is 0.382 bits per heavy atom. The van der Waals surface area contributed by atoms with Gasteiger partial charge < -0.3 is 5.11 Å². The molecule has 34 heavy (non-hydrogen) atoms. The van der Waals surface area contributed by atoms with Crippen molar-refractivity contribution in [2.45, 2.75) is 180 Å². The van der Waals surface area contributed by atoms with Crippen LogP contribution in [0, 0.1) is 0 Å². The average Bonchev–Trinajstić information content (AvgIpc) is 2.85. The van der Waals surface area contributed by atoms with Crippen molar-refractivity contribution in [3.63, 3.8) is 0 Å². The molecule has 0 atom stereocenters. The number of hydrogen-bond donors (Lipinski definition) is 3. The molecule has 0 unspecified atom stereocenters. The van der Waals surface area contributed by atoms with Gasteiger partial charge >= 0.3 is 0 Å². The lowest BCUT2D eigenvalue weighted by molar-refractivity contribution is -0.129. The predicted octanol–water partition coefficient (Wildman–Crippen LogP) is 9.41. The van der Waals surface area contributed by atoms with E-state index in [1.807, 2.05) is 0 Å². The summed E-state index contributed by atoms with van der Waals surface area (Å²) >= 11 is 0. The molecule has 1 amide bonds. The molecule has 0 aliphatic rings. The summed E-state index contributed by atoms with van der Waals surface area (Å²) in [5.41, 5.74) is 1.69. The quantitative estimate of drug-likeness (QED) is 0.0563. The molecular formula is C30H61NO3. The zero-order chi connectivity index (χ0) is 24.8. The lowest BCUT2D eigenvalue weighted by atomic mass is 10.0. The highest BCUT2D eigenvalue weighted by Crippen LogP contribution is 2.16. The predicted molar refractivity (Wildman–Crippen MR) is 146 cm³/mol. The Balaban J connectivity index is 3.02. The number of nitrogens with one attached hydrogen (secondary N) is 1. The van der Waals surface area contributed by atoms with Crippen molar-refractivity contribution in [3.05, 3.63) is 0 Å². The smallest absolute Gasteiger partial charge is 0.243 e. The minimum atomic E-state index is -0.259. The maximum Gasteiger partial charge on any atom is 0.243 e. The van der Waals surface area contributed by atoms with Crippen LogP contribution in [0.5, 0.6) is 0 Å². The summed E-state index contributed by atoms with van der Waals surface area (Å²) in [5, 5.41) is 17.2. The monoisotopic (exact) mass is 483 g/mol. The molecule has 0 aromatic carbocycles. The molecule has 0 aliphatic heterocycles. The number of amides is 1. The third-order valence-electron chi connectivity index (χ3n) is 7.19. The second kappa shape index (κ2) is 30.4. The molecule has 0 heterocycles. The average molecular weight is 484 g/mol. The number of carbonyl (C=O) groups excluding carboxylic acids is 1. The van der Waals surface area contributed by atoms with Crippen molar-refractivity contribution in [2.24, 2.45) is 0 Å². The maximum absolute atomic E-state index is 10.9. The van der Waals surface area contributed by atoms with E-state index >= 15 is 0 Å². The number of rotatable bonds is 29. The summed E-state index contributed by atoms with van der Waals surface area (Å²) in [6.07, 6.45) is 36.8. The van der Waals surface area contributed by atoms with E-state index in [0.717, 1.165) is 19.3 Å². The highest BCUT2D eigenvalue weighted by Gasteiger charge is 1.99. The highest BCUT2D eigenvalue weighted by molar-refractivity contribution is 5.74. The van der Waals surface area contributed by atoms with Crippen LogP contribution in [0.1, 0.15) is 180 Å². The molecule has 0 saturated carbocycles. The minimum absolute atomic E-state index is 0.259. The van der Waals surface area contributed by atoms with E-state index in [0.29, 0.717) is 13.0 Å². The molecule has 0 saturated heterocycles. The van der Waals surface area contributed by atoms with Crippen LogP contribution in [-0.4, -0.2) is 22.8 Å². The molecule has 4 nitrogen and oxygen atoms in total. The van der Waals surface area contributed by atoms with E-state index in [9.17, 15) is 4.79 Å². The Labute approximate surface area is 213 Å². The van der Waals surface area contributed by atoms with Gasteiger partial charge in [-0.15, -0.1) is 0 Å². The van der Waals surface area contributed by atoms with Gasteiger partial charge in [-0.25, -0.2) is 5.48 Å². The van der Waals surface area contributed by atoms with Gasteiger partial charge in [0.15, 0.2) is 0 Å². The number of aliphatic hydroxyl groups excluding tert-OH is 1. The Morgan fingerprint density at radius 3 is 0.794 bits per heavy atom. The van der Waals surface area contributed by atoms with Crippen molar-refractivity contribution in [1.82, 2.24) is 5.48 Å². The number of hydroxylamine groups is 1. The first-order chi connectivity index (χ1) is 16.8. The molecule has 4 heteroatoms. The van der Waals surface area contributed by atoms with Crippen LogP contribution in [-0.2, 0) is 4.79 Å². The summed E-state index contributed by atoms with van der Waals surface area (Å²) in [7, 11) is 0. The zero-order valence-corrected chi connectivity index (χ0v) is 22.8. The fourth-order valence-corrected chi connectivity index (χ4v) is 4.87. The Kier molecular flexibility index (Phi) is 29.9. The summed E-state index contributed by atoms with van der Waals surface area (Å²) in [6, 6.07) is 0. The van der Waals surface area contributed by atoms with E-state index in [-0.39, 0.29) is 5.91 Å². The summed E-state index contributed by atoms with van der Waals surface area (Å²) in [4.78, 5) is 10.9. The molecule has 0 aliphatic carbocycles. The first-order valence-corrected chi connectivity index (χ1v) is 15.3. The fraction of sp³-hybridized carbons (Fsp3) is 0.967. The van der Waals surface area contributed by atoms with Crippen molar-refractivity contribution in [1.29, 1.82) is 0 Å². The van der Waals surface area contributed by atoms with Crippen molar-refractivity contribution in [2.75, 3.05) is 6.61 Å². The lowest BCUT2D eigenvalue weighted by Crippen LogP contribution is -2.17. The zero-order valence-electron chi connectivity index (χ0n) is 22.8. The number of hydrogen-bond acceptors (Lipinski definition) is 3. The molecule has 0 aromatic heterocycles. The van der Waals surface area contributed by atoms with Crippen LogP contribution in [0.3, 0.4) is 0 Å². The minimum Gasteiger partial charge on any atom is -0.396 e. The SMILES string of the molecule is O=C(CCCCCCCCCCCCCCCCCCCCCCCCCCCCCO)NO. The van der Waals surface area contributed by atoms with Gasteiger partial charge in [-0.05, 0) is 12.8 Å². The van der Waals surface area contributed by atoms with E-state index in [1.54, 1.807) is 5.48 Å². The first kappa shape index (κ1) is 33.4. The molecule has 0 bridgehead atoms. The van der Waals surface area contributed by atoms with Gasteiger partial charge in [0.25, 0.3) is 0 Å². The van der Waals surface area contributed by atoms with E-state index < -0.39 is 0 Å². The third kappa shape index (κ3) is 29.4. The maximum atomic E-state index is 10.9. The molecule has 204 valence electrons. The van der Waals surface area contributed by atoms with Gasteiger partial charge in [-0.1, -0.05) is 161 Å². The van der Waals surface area contributed by atoms with Gasteiger partial charge in [0.05, 0.1) is 0 Å². The van der Waals surface area contributed by atoms with Gasteiger partial charge in [0, 0.05) is 13.0 Å². The van der Waals surface area contributed by atoms with Crippen LogP contribution >= 0.6 is 0 Å². The first-order valence-electron chi connectivity index (χ1n) is 15.3. The largest absolute Gasteiger partial charge is 0.396 e. The Hall–Kier alpha value is -0.610. The summed E-state index contributed by atoms with van der Waals surface area (Å²) in [6.45, 7) is 0.364. The van der Waals surface area contributed by atoms with Gasteiger partial charge in [-0.3, -0.25) is 10.0 Å². The molecule has 0 fully saturated rings. The van der Waals surface area contributed by atoms with Crippen molar-refractivity contribution < 1.29 is 15.1 Å². The summed E-state index contributed by atoms with van der Waals surface area (Å²) < 4.78 is 0. The van der Waals surface area contributed by atoms with Crippen molar-refractivity contribution >= 4 is 5.91 Å². The second-order valence-electron chi connectivity index (χ2n) is 10.6. The standard InChI is InChI=1S/C30H61NO3/c32-29-27-25-23-21-19-17-15-13-11-9-7-5-3-1-2-4-6-8-10-12-14-16-18-20-22-24-26-28-30(33)31-34/h32,34H,1-29H2,(H,31,33). The van der Waals surface area contributed by atoms with Gasteiger partial charge in [0.1, 0.15) is 0 Å². The van der Waals surface area contributed by atoms with E-state index in [4.69, 9.17) is 10.3 Å². The topological polar surface area (TPSA) is 69.6 Å². The van der Waals surface area contributed by atoms with E-state index in [1.165, 1.54) is 154 Å². The molecule has 0 rings (SSSR count).